The maximum absolute atomic E-state index is 11.6. The van der Waals surface area contributed by atoms with Crippen LogP contribution in [0.3, 0.4) is 0 Å². The number of aryl methyl sites for hydroxylation is 1. The maximum Gasteiger partial charge on any atom is 0.241 e. The zero-order valence-electron chi connectivity index (χ0n) is 10.2. The van der Waals surface area contributed by atoms with E-state index in [1.54, 1.807) is 13.0 Å². The molecule has 0 fully saturated rings. The average Bonchev–Trinajstić information content (AvgIpc) is 2.85. The molecule has 1 amide bonds. The second kappa shape index (κ2) is 4.92. The Morgan fingerprint density at radius 1 is 1.50 bits per heavy atom. The summed E-state index contributed by atoms with van der Waals surface area (Å²) >= 11 is 0. The number of hydrogen-bond donors (Lipinski definition) is 2. The molecule has 3 N–H and O–H groups in total. The molecule has 0 saturated heterocycles. The summed E-state index contributed by atoms with van der Waals surface area (Å²) in [6.07, 6.45) is 1.49. The molecule has 7 heteroatoms. The van der Waals surface area contributed by atoms with Crippen LogP contribution in [0.25, 0.3) is 5.69 Å². The summed E-state index contributed by atoms with van der Waals surface area (Å²) in [5, 5.41) is 13.7. The molecule has 1 heterocycles. The van der Waals surface area contributed by atoms with Gasteiger partial charge in [-0.15, -0.1) is 5.10 Å². The Labute approximate surface area is 104 Å². The van der Waals surface area contributed by atoms with E-state index in [1.165, 1.54) is 11.0 Å². The summed E-state index contributed by atoms with van der Waals surface area (Å²) in [4.78, 5) is 11.6. The molecule has 0 spiro atoms. The van der Waals surface area contributed by atoms with Gasteiger partial charge < -0.3 is 11.1 Å². The lowest BCUT2D eigenvalue weighted by atomic mass is 10.1. The first-order chi connectivity index (χ1) is 8.58. The first-order valence-corrected chi connectivity index (χ1v) is 5.48. The van der Waals surface area contributed by atoms with Crippen LogP contribution in [-0.2, 0) is 4.79 Å². The Morgan fingerprint density at radius 2 is 2.28 bits per heavy atom. The van der Waals surface area contributed by atoms with Crippen molar-refractivity contribution in [3.63, 3.8) is 0 Å². The SMILES string of the molecule is Cc1ccc(-n2cnnn2)cc1NC(=O)C(C)N. The van der Waals surface area contributed by atoms with Crippen LogP contribution in [0.5, 0.6) is 0 Å². The Hall–Kier alpha value is -2.28. The molecule has 1 aromatic carbocycles. The van der Waals surface area contributed by atoms with Crippen molar-refractivity contribution in [1.82, 2.24) is 20.2 Å². The highest BCUT2D eigenvalue weighted by molar-refractivity contribution is 5.95. The molecule has 0 saturated carbocycles. The molecule has 0 aliphatic heterocycles. The van der Waals surface area contributed by atoms with Crippen molar-refractivity contribution in [2.75, 3.05) is 5.32 Å². The van der Waals surface area contributed by atoms with Gasteiger partial charge in [0.1, 0.15) is 6.33 Å². The molecular formula is C11H14N6O. The van der Waals surface area contributed by atoms with E-state index >= 15 is 0 Å². The van der Waals surface area contributed by atoms with E-state index in [1.807, 2.05) is 19.1 Å². The Kier molecular flexibility index (Phi) is 3.33. The van der Waals surface area contributed by atoms with Crippen molar-refractivity contribution < 1.29 is 4.79 Å². The maximum atomic E-state index is 11.6. The number of carbonyl (C=O) groups is 1. The highest BCUT2D eigenvalue weighted by Gasteiger charge is 2.10. The number of nitrogens with two attached hydrogens (primary N) is 1. The van der Waals surface area contributed by atoms with E-state index in [0.717, 1.165) is 11.3 Å². The summed E-state index contributed by atoms with van der Waals surface area (Å²) in [6.45, 7) is 3.54. The number of carbonyl (C=O) groups excluding carboxylic acids is 1. The topological polar surface area (TPSA) is 98.7 Å². The van der Waals surface area contributed by atoms with Crippen LogP contribution in [0, 0.1) is 6.92 Å². The summed E-state index contributed by atoms with van der Waals surface area (Å²) < 4.78 is 1.51. The van der Waals surface area contributed by atoms with Crippen molar-refractivity contribution in [1.29, 1.82) is 0 Å². The molecular weight excluding hydrogens is 232 g/mol. The second-order valence-corrected chi connectivity index (χ2v) is 4.03. The average molecular weight is 246 g/mol. The predicted octanol–water partition coefficient (Wildman–Crippen LogP) is 0.256. The van der Waals surface area contributed by atoms with Crippen LogP contribution in [0.1, 0.15) is 12.5 Å². The number of tetrazole rings is 1. The van der Waals surface area contributed by atoms with Gasteiger partial charge in [-0.3, -0.25) is 4.79 Å². The van der Waals surface area contributed by atoms with E-state index in [0.29, 0.717) is 5.69 Å². The number of amides is 1. The Morgan fingerprint density at radius 3 is 2.89 bits per heavy atom. The fraction of sp³-hybridized carbons (Fsp3) is 0.273. The number of benzene rings is 1. The third kappa shape index (κ3) is 2.51. The molecule has 0 aliphatic carbocycles. The first-order valence-electron chi connectivity index (χ1n) is 5.48. The zero-order chi connectivity index (χ0) is 13.1. The monoisotopic (exact) mass is 246 g/mol. The third-order valence-electron chi connectivity index (χ3n) is 2.51. The molecule has 1 atom stereocenters. The first kappa shape index (κ1) is 12.2. The van der Waals surface area contributed by atoms with E-state index < -0.39 is 6.04 Å². The Bertz CT molecular complexity index is 549. The number of hydrogen-bond acceptors (Lipinski definition) is 5. The highest BCUT2D eigenvalue weighted by atomic mass is 16.2. The van der Waals surface area contributed by atoms with E-state index in [4.69, 9.17) is 5.73 Å². The lowest BCUT2D eigenvalue weighted by molar-refractivity contribution is -0.117. The normalized spacial score (nSPS) is 12.2. The molecule has 1 aromatic heterocycles. The van der Waals surface area contributed by atoms with Gasteiger partial charge in [0.05, 0.1) is 11.7 Å². The Balaban J connectivity index is 2.30. The van der Waals surface area contributed by atoms with Gasteiger partial charge in [-0.2, -0.15) is 0 Å². The van der Waals surface area contributed by atoms with Gasteiger partial charge in [0.25, 0.3) is 0 Å². The van der Waals surface area contributed by atoms with Gasteiger partial charge in [0.2, 0.25) is 5.91 Å². The summed E-state index contributed by atoms with van der Waals surface area (Å²) in [7, 11) is 0. The van der Waals surface area contributed by atoms with E-state index in [-0.39, 0.29) is 5.91 Å². The van der Waals surface area contributed by atoms with Crippen LogP contribution in [0.4, 0.5) is 5.69 Å². The highest BCUT2D eigenvalue weighted by Crippen LogP contribution is 2.18. The zero-order valence-corrected chi connectivity index (χ0v) is 10.2. The third-order valence-corrected chi connectivity index (χ3v) is 2.51. The summed E-state index contributed by atoms with van der Waals surface area (Å²) in [5.74, 6) is -0.230. The summed E-state index contributed by atoms with van der Waals surface area (Å²) in [6, 6.07) is 4.99. The van der Waals surface area contributed by atoms with Gasteiger partial charge >= 0.3 is 0 Å². The smallest absolute Gasteiger partial charge is 0.241 e. The van der Waals surface area contributed by atoms with Crippen LogP contribution >= 0.6 is 0 Å². The van der Waals surface area contributed by atoms with E-state index in [9.17, 15) is 4.79 Å². The number of nitrogens with zero attached hydrogens (tertiary/aromatic N) is 4. The molecule has 18 heavy (non-hydrogen) atoms. The number of anilines is 1. The van der Waals surface area contributed by atoms with Gasteiger partial charge in [-0.1, -0.05) is 6.07 Å². The molecule has 2 aromatic rings. The lowest BCUT2D eigenvalue weighted by Gasteiger charge is -2.11. The van der Waals surface area contributed by atoms with Gasteiger partial charge in [0.15, 0.2) is 0 Å². The molecule has 2 rings (SSSR count). The lowest BCUT2D eigenvalue weighted by Crippen LogP contribution is -2.32. The minimum Gasteiger partial charge on any atom is -0.324 e. The largest absolute Gasteiger partial charge is 0.324 e. The molecule has 1 unspecified atom stereocenters. The fourth-order valence-corrected chi connectivity index (χ4v) is 1.41. The predicted molar refractivity (Wildman–Crippen MR) is 66.2 cm³/mol. The fourth-order valence-electron chi connectivity index (χ4n) is 1.41. The summed E-state index contributed by atoms with van der Waals surface area (Å²) in [5.41, 5.74) is 7.93. The van der Waals surface area contributed by atoms with Crippen molar-refractivity contribution in [2.45, 2.75) is 19.9 Å². The minimum absolute atomic E-state index is 0.230. The van der Waals surface area contributed by atoms with Gasteiger partial charge in [-0.25, -0.2) is 4.68 Å². The standard InChI is InChI=1S/C11H14N6O/c1-7-3-4-9(17-6-13-15-16-17)5-10(7)14-11(18)8(2)12/h3-6,8H,12H2,1-2H3,(H,14,18). The van der Waals surface area contributed by atoms with Crippen molar-refractivity contribution in [3.8, 4) is 5.69 Å². The molecule has 0 bridgehead atoms. The van der Waals surface area contributed by atoms with Crippen LogP contribution in [0.2, 0.25) is 0 Å². The minimum atomic E-state index is -0.555. The second-order valence-electron chi connectivity index (χ2n) is 4.03. The molecule has 94 valence electrons. The van der Waals surface area contributed by atoms with E-state index in [2.05, 4.69) is 20.8 Å². The van der Waals surface area contributed by atoms with Crippen molar-refractivity contribution in [3.05, 3.63) is 30.1 Å². The molecule has 0 radical (unpaired) electrons. The quantitative estimate of drug-likeness (QED) is 0.809. The van der Waals surface area contributed by atoms with Crippen molar-refractivity contribution >= 4 is 11.6 Å². The molecule has 7 nitrogen and oxygen atoms in total. The van der Waals surface area contributed by atoms with Crippen LogP contribution < -0.4 is 11.1 Å². The van der Waals surface area contributed by atoms with Crippen LogP contribution in [-0.4, -0.2) is 32.2 Å². The number of aromatic nitrogens is 4. The molecule has 0 aliphatic rings. The number of nitrogens with one attached hydrogen (secondary N) is 1. The van der Waals surface area contributed by atoms with Gasteiger partial charge in [-0.05, 0) is 42.0 Å². The number of rotatable bonds is 3. The van der Waals surface area contributed by atoms with Crippen molar-refractivity contribution in [2.24, 2.45) is 5.73 Å². The van der Waals surface area contributed by atoms with Gasteiger partial charge in [0, 0.05) is 5.69 Å². The van der Waals surface area contributed by atoms with Crippen LogP contribution in [0.15, 0.2) is 24.5 Å².